The van der Waals surface area contributed by atoms with Crippen molar-refractivity contribution in [1.82, 2.24) is 0 Å². The van der Waals surface area contributed by atoms with Gasteiger partial charge in [-0.25, -0.2) is 0 Å². The Morgan fingerprint density at radius 2 is 1.56 bits per heavy atom. The molecule has 178 valence electrons. The van der Waals surface area contributed by atoms with Crippen molar-refractivity contribution in [1.29, 1.82) is 0 Å². The van der Waals surface area contributed by atoms with E-state index in [1.54, 1.807) is 48.5 Å². The van der Waals surface area contributed by atoms with Gasteiger partial charge in [-0.1, -0.05) is 54.6 Å². The van der Waals surface area contributed by atoms with Crippen LogP contribution in [0.2, 0.25) is 0 Å². The lowest BCUT2D eigenvalue weighted by Gasteiger charge is -2.27. The quantitative estimate of drug-likeness (QED) is 0.448. The average molecular weight is 470 g/mol. The molecule has 1 amide bonds. The summed E-state index contributed by atoms with van der Waals surface area (Å²) in [6, 6.07) is 19.3. The van der Waals surface area contributed by atoms with Gasteiger partial charge < -0.3 is 20.5 Å². The Morgan fingerprint density at radius 1 is 0.941 bits per heavy atom. The van der Waals surface area contributed by atoms with Gasteiger partial charge in [0.15, 0.2) is 0 Å². The van der Waals surface area contributed by atoms with Crippen molar-refractivity contribution in [3.8, 4) is 0 Å². The lowest BCUT2D eigenvalue weighted by atomic mass is 10.0. The highest BCUT2D eigenvalue weighted by atomic mass is 19.4. The summed E-state index contributed by atoms with van der Waals surface area (Å²) in [4.78, 5) is 25.5. The van der Waals surface area contributed by atoms with E-state index < -0.39 is 23.9 Å². The summed E-state index contributed by atoms with van der Waals surface area (Å²) >= 11 is 0. The summed E-state index contributed by atoms with van der Waals surface area (Å²) in [6.45, 7) is 0.182. The van der Waals surface area contributed by atoms with E-state index in [2.05, 4.69) is 0 Å². The number of rotatable bonds is 9. The normalized spacial score (nSPS) is 13.2. The number of nitrogens with two attached hydrogens (primary N) is 1. The minimum absolute atomic E-state index is 0.0468. The van der Waals surface area contributed by atoms with Gasteiger partial charge in [-0.3, -0.25) is 4.79 Å². The Bertz CT molecular complexity index is 1090. The highest BCUT2D eigenvalue weighted by Crippen LogP contribution is 2.29. The first-order valence-corrected chi connectivity index (χ1v) is 10.7. The number of aliphatic hydroxyl groups is 1. The number of amides is 1. The Morgan fingerprint density at radius 3 is 2.12 bits per heavy atom. The van der Waals surface area contributed by atoms with Gasteiger partial charge in [0.05, 0.1) is 11.7 Å². The standard InChI is InChI=1S/C26H25F3N2O3/c27-26(28,29)21-10-6-18(7-11-21)14-16-31(25(34)24(30)20-4-2-1-3-5-20)22-12-8-19(9-13-22)23(33)15-17-32/h1-13,17,23-24,33H,14-16,30H2. The third kappa shape index (κ3) is 6.30. The molecule has 5 nitrogen and oxygen atoms in total. The predicted octanol–water partition coefficient (Wildman–Crippen LogP) is 4.60. The van der Waals surface area contributed by atoms with Crippen molar-refractivity contribution in [2.75, 3.05) is 11.4 Å². The summed E-state index contributed by atoms with van der Waals surface area (Å²) in [6.07, 6.45) is -4.49. The Hall–Kier alpha value is -3.49. The maximum atomic E-state index is 13.3. The second-order valence-electron chi connectivity index (χ2n) is 7.83. The number of anilines is 1. The molecule has 0 saturated heterocycles. The second-order valence-corrected chi connectivity index (χ2v) is 7.83. The average Bonchev–Trinajstić information content (AvgIpc) is 2.84. The van der Waals surface area contributed by atoms with Gasteiger partial charge in [0, 0.05) is 18.7 Å². The molecule has 0 saturated carbocycles. The molecule has 0 bridgehead atoms. The number of nitrogens with zero attached hydrogens (tertiary/aromatic N) is 1. The van der Waals surface area contributed by atoms with E-state index in [0.717, 1.165) is 12.1 Å². The van der Waals surface area contributed by atoms with Crippen LogP contribution in [-0.2, 0) is 22.2 Å². The number of hydrogen-bond donors (Lipinski definition) is 2. The van der Waals surface area contributed by atoms with Crippen molar-refractivity contribution in [2.24, 2.45) is 5.73 Å². The topological polar surface area (TPSA) is 83.6 Å². The van der Waals surface area contributed by atoms with Crippen molar-refractivity contribution < 1.29 is 27.9 Å². The van der Waals surface area contributed by atoms with E-state index in [1.807, 2.05) is 6.07 Å². The fraction of sp³-hybridized carbons (Fsp3) is 0.231. The van der Waals surface area contributed by atoms with Gasteiger partial charge in [0.25, 0.3) is 0 Å². The first kappa shape index (κ1) is 25.1. The number of hydrogen-bond acceptors (Lipinski definition) is 4. The minimum atomic E-state index is -4.42. The minimum Gasteiger partial charge on any atom is -0.388 e. The van der Waals surface area contributed by atoms with Crippen molar-refractivity contribution in [3.05, 3.63) is 101 Å². The van der Waals surface area contributed by atoms with E-state index >= 15 is 0 Å². The maximum Gasteiger partial charge on any atom is 0.416 e. The van der Waals surface area contributed by atoms with Crippen LogP contribution in [0.1, 0.15) is 40.8 Å². The molecule has 2 atom stereocenters. The van der Waals surface area contributed by atoms with E-state index in [9.17, 15) is 27.9 Å². The SMILES string of the molecule is NC(C(=O)N(CCc1ccc(C(F)(F)F)cc1)c1ccc(C(O)CC=O)cc1)c1ccccc1. The lowest BCUT2D eigenvalue weighted by molar-refractivity contribution is -0.137. The van der Waals surface area contributed by atoms with Gasteiger partial charge in [-0.15, -0.1) is 0 Å². The van der Waals surface area contributed by atoms with Gasteiger partial charge in [-0.05, 0) is 47.4 Å². The first-order valence-electron chi connectivity index (χ1n) is 10.7. The second kappa shape index (κ2) is 11.1. The van der Waals surface area contributed by atoms with Crippen LogP contribution in [0.15, 0.2) is 78.9 Å². The number of halogens is 3. The highest BCUT2D eigenvalue weighted by molar-refractivity contribution is 5.97. The molecular formula is C26H25F3N2O3. The Labute approximate surface area is 195 Å². The Kier molecular flexibility index (Phi) is 8.20. The highest BCUT2D eigenvalue weighted by Gasteiger charge is 2.30. The van der Waals surface area contributed by atoms with Crippen molar-refractivity contribution >= 4 is 17.9 Å². The van der Waals surface area contributed by atoms with Crippen molar-refractivity contribution in [2.45, 2.75) is 31.2 Å². The Balaban J connectivity index is 1.84. The monoisotopic (exact) mass is 470 g/mol. The molecule has 0 heterocycles. The van der Waals surface area contributed by atoms with Crippen LogP contribution in [-0.4, -0.2) is 23.8 Å². The molecule has 0 spiro atoms. The molecule has 0 aromatic heterocycles. The summed E-state index contributed by atoms with van der Waals surface area (Å²) in [7, 11) is 0. The van der Waals surface area contributed by atoms with E-state index in [1.165, 1.54) is 17.0 Å². The molecule has 0 fully saturated rings. The summed E-state index contributed by atoms with van der Waals surface area (Å²) in [5, 5.41) is 10.0. The summed E-state index contributed by atoms with van der Waals surface area (Å²) in [5.41, 5.74) is 7.81. The van der Waals surface area contributed by atoms with Crippen LogP contribution in [0, 0.1) is 0 Å². The molecule has 3 aromatic rings. The van der Waals surface area contributed by atoms with Gasteiger partial charge >= 0.3 is 6.18 Å². The fourth-order valence-corrected chi connectivity index (χ4v) is 3.54. The zero-order chi connectivity index (χ0) is 24.7. The lowest BCUT2D eigenvalue weighted by Crippen LogP contribution is -2.40. The third-order valence-corrected chi connectivity index (χ3v) is 5.51. The molecule has 0 aliphatic heterocycles. The molecule has 0 radical (unpaired) electrons. The number of alkyl halides is 3. The first-order chi connectivity index (χ1) is 16.2. The molecule has 0 aliphatic carbocycles. The smallest absolute Gasteiger partial charge is 0.388 e. The summed E-state index contributed by atoms with van der Waals surface area (Å²) < 4.78 is 38.5. The van der Waals surface area contributed by atoms with Gasteiger partial charge in [0.1, 0.15) is 12.3 Å². The molecule has 8 heteroatoms. The number of carbonyl (C=O) groups excluding carboxylic acids is 2. The largest absolute Gasteiger partial charge is 0.416 e. The van der Waals surface area contributed by atoms with Crippen molar-refractivity contribution in [3.63, 3.8) is 0 Å². The van der Waals surface area contributed by atoms with Crippen LogP contribution >= 0.6 is 0 Å². The fourth-order valence-electron chi connectivity index (χ4n) is 3.54. The van der Waals surface area contributed by atoms with Gasteiger partial charge in [0.2, 0.25) is 5.91 Å². The van der Waals surface area contributed by atoms with Gasteiger partial charge in [-0.2, -0.15) is 13.2 Å². The predicted molar refractivity (Wildman–Crippen MR) is 123 cm³/mol. The molecule has 34 heavy (non-hydrogen) atoms. The molecule has 2 unspecified atom stereocenters. The zero-order valence-corrected chi connectivity index (χ0v) is 18.3. The maximum absolute atomic E-state index is 13.3. The molecular weight excluding hydrogens is 445 g/mol. The van der Waals surface area contributed by atoms with Crippen LogP contribution in [0.5, 0.6) is 0 Å². The third-order valence-electron chi connectivity index (χ3n) is 5.51. The number of aliphatic hydroxyl groups excluding tert-OH is 1. The zero-order valence-electron chi connectivity index (χ0n) is 18.3. The molecule has 3 aromatic carbocycles. The molecule has 3 N–H and O–H groups in total. The number of carbonyl (C=O) groups is 2. The molecule has 0 aliphatic rings. The van der Waals surface area contributed by atoms with Crippen LogP contribution in [0.25, 0.3) is 0 Å². The number of aldehydes is 1. The number of benzene rings is 3. The van der Waals surface area contributed by atoms with Crippen LogP contribution in [0.4, 0.5) is 18.9 Å². The van der Waals surface area contributed by atoms with E-state index in [4.69, 9.17) is 5.73 Å². The van der Waals surface area contributed by atoms with Crippen LogP contribution in [0.3, 0.4) is 0 Å². The molecule has 3 rings (SSSR count). The van der Waals surface area contributed by atoms with Crippen LogP contribution < -0.4 is 10.6 Å². The summed E-state index contributed by atoms with van der Waals surface area (Å²) in [5.74, 6) is -0.376. The van der Waals surface area contributed by atoms with E-state index in [0.29, 0.717) is 35.1 Å². The van der Waals surface area contributed by atoms with E-state index in [-0.39, 0.29) is 18.9 Å².